The quantitative estimate of drug-likeness (QED) is 0.908. The Hall–Kier alpha value is -1.90. The van der Waals surface area contributed by atoms with Gasteiger partial charge < -0.3 is 9.84 Å². The van der Waals surface area contributed by atoms with Crippen LogP contribution in [0.5, 0.6) is 0 Å². The summed E-state index contributed by atoms with van der Waals surface area (Å²) < 4.78 is 34.0. The van der Waals surface area contributed by atoms with Gasteiger partial charge in [-0.3, -0.25) is 4.31 Å². The van der Waals surface area contributed by atoms with Crippen LogP contribution < -0.4 is 9.62 Å². The molecule has 23 heavy (non-hydrogen) atoms. The first kappa shape index (κ1) is 14.7. The summed E-state index contributed by atoms with van der Waals surface area (Å²) in [7, 11) is -3.47. The van der Waals surface area contributed by atoms with E-state index in [0.717, 1.165) is 25.1 Å². The number of hydrogen-bond donors (Lipinski definition) is 1. The number of benzene rings is 1. The third kappa shape index (κ3) is 2.52. The van der Waals surface area contributed by atoms with E-state index in [4.69, 9.17) is 4.52 Å². The normalized spacial score (nSPS) is 24.3. The molecule has 3 heterocycles. The molecule has 1 aromatic heterocycles. The lowest BCUT2D eigenvalue weighted by atomic mass is 10.1. The lowest BCUT2D eigenvalue weighted by Gasteiger charge is -2.24. The lowest BCUT2D eigenvalue weighted by Crippen LogP contribution is -2.41. The molecular weight excluding hydrogens is 316 g/mol. The van der Waals surface area contributed by atoms with E-state index in [1.807, 2.05) is 24.3 Å². The zero-order valence-electron chi connectivity index (χ0n) is 12.6. The highest BCUT2D eigenvalue weighted by Crippen LogP contribution is 2.31. The van der Waals surface area contributed by atoms with Gasteiger partial charge in [-0.05, 0) is 25.1 Å². The molecule has 0 aliphatic carbocycles. The number of anilines is 1. The van der Waals surface area contributed by atoms with E-state index in [9.17, 15) is 8.42 Å². The largest absolute Gasteiger partial charge is 0.356 e. The zero-order valence-corrected chi connectivity index (χ0v) is 13.4. The third-order valence-corrected chi connectivity index (χ3v) is 6.42. The summed E-state index contributed by atoms with van der Waals surface area (Å²) in [6.45, 7) is 2.60. The highest BCUT2D eigenvalue weighted by molar-refractivity contribution is 7.90. The Morgan fingerprint density at radius 2 is 2.17 bits per heavy atom. The van der Waals surface area contributed by atoms with Crippen LogP contribution in [-0.4, -0.2) is 50.1 Å². The van der Waals surface area contributed by atoms with Crippen LogP contribution >= 0.6 is 0 Å². The fourth-order valence-corrected chi connectivity index (χ4v) is 5.06. The molecule has 122 valence electrons. The first-order valence-electron chi connectivity index (χ1n) is 7.67. The van der Waals surface area contributed by atoms with Gasteiger partial charge in [0.1, 0.15) is 0 Å². The minimum Gasteiger partial charge on any atom is -0.356 e. The monoisotopic (exact) mass is 334 g/mol. The second-order valence-corrected chi connectivity index (χ2v) is 7.57. The van der Waals surface area contributed by atoms with E-state index in [0.29, 0.717) is 24.5 Å². The molecule has 0 bridgehead atoms. The van der Waals surface area contributed by atoms with Gasteiger partial charge in [-0.25, -0.2) is 0 Å². The van der Waals surface area contributed by atoms with E-state index in [1.165, 1.54) is 4.31 Å². The van der Waals surface area contributed by atoms with Gasteiger partial charge in [0, 0.05) is 37.3 Å². The maximum atomic E-state index is 12.9. The molecule has 1 aromatic carbocycles. The lowest BCUT2D eigenvalue weighted by molar-refractivity contribution is 0.365. The summed E-state index contributed by atoms with van der Waals surface area (Å²) in [6, 6.07) is 9.17. The number of aromatic nitrogens is 1. The first-order chi connectivity index (χ1) is 11.2. The summed E-state index contributed by atoms with van der Waals surface area (Å²) in [5, 5.41) is 6.92. The molecule has 2 aliphatic rings. The summed E-state index contributed by atoms with van der Waals surface area (Å²) in [5.41, 5.74) is 1.48. The van der Waals surface area contributed by atoms with Crippen LogP contribution in [-0.2, 0) is 10.2 Å². The van der Waals surface area contributed by atoms with Crippen molar-refractivity contribution in [2.24, 2.45) is 0 Å². The minimum absolute atomic E-state index is 0.0578. The average Bonchev–Trinajstić information content (AvgIpc) is 3.27. The van der Waals surface area contributed by atoms with Gasteiger partial charge in [-0.15, -0.1) is 0 Å². The average molecular weight is 334 g/mol. The second-order valence-electron chi connectivity index (χ2n) is 5.76. The van der Waals surface area contributed by atoms with Crippen LogP contribution in [0.15, 0.2) is 41.1 Å². The maximum Gasteiger partial charge on any atom is 0.304 e. The Bertz CT molecular complexity index is 785. The Morgan fingerprint density at radius 1 is 1.26 bits per heavy atom. The summed E-state index contributed by atoms with van der Waals surface area (Å²) >= 11 is 0. The molecule has 2 aliphatic heterocycles. The van der Waals surface area contributed by atoms with E-state index < -0.39 is 10.2 Å². The molecule has 2 fully saturated rings. The summed E-state index contributed by atoms with van der Waals surface area (Å²) in [6.07, 6.45) is 2.44. The van der Waals surface area contributed by atoms with Gasteiger partial charge in [-0.2, -0.15) is 12.7 Å². The second kappa shape index (κ2) is 5.63. The SMILES string of the molecule is O=S1(=O)N(c2cccc(-c3ccno3)c2)CCN1[C@H]1CCNC1. The van der Waals surface area contributed by atoms with Crippen LogP contribution in [0.4, 0.5) is 5.69 Å². The fraction of sp³-hybridized carbons (Fsp3) is 0.400. The topological polar surface area (TPSA) is 78.7 Å². The zero-order chi connectivity index (χ0) is 15.9. The smallest absolute Gasteiger partial charge is 0.304 e. The van der Waals surface area contributed by atoms with Crippen LogP contribution in [0.25, 0.3) is 11.3 Å². The Kier molecular flexibility index (Phi) is 3.59. The Morgan fingerprint density at radius 3 is 2.91 bits per heavy atom. The van der Waals surface area contributed by atoms with Crippen LogP contribution in [0, 0.1) is 0 Å². The number of rotatable bonds is 3. The van der Waals surface area contributed by atoms with Gasteiger partial charge in [0.05, 0.1) is 11.9 Å². The highest BCUT2D eigenvalue weighted by Gasteiger charge is 2.41. The summed E-state index contributed by atoms with van der Waals surface area (Å²) in [4.78, 5) is 0. The molecule has 0 unspecified atom stereocenters. The molecule has 0 radical (unpaired) electrons. The number of nitrogens with one attached hydrogen (secondary N) is 1. The van der Waals surface area contributed by atoms with Gasteiger partial charge in [0.15, 0.2) is 5.76 Å². The van der Waals surface area contributed by atoms with Crippen LogP contribution in [0.2, 0.25) is 0 Å². The van der Waals surface area contributed by atoms with E-state index in [1.54, 1.807) is 16.6 Å². The van der Waals surface area contributed by atoms with Crippen molar-refractivity contribution in [2.45, 2.75) is 12.5 Å². The van der Waals surface area contributed by atoms with Crippen molar-refractivity contribution in [3.8, 4) is 11.3 Å². The van der Waals surface area contributed by atoms with Crippen molar-refractivity contribution >= 4 is 15.9 Å². The number of nitrogens with zero attached hydrogens (tertiary/aromatic N) is 3. The molecule has 7 nitrogen and oxygen atoms in total. The molecule has 0 spiro atoms. The van der Waals surface area contributed by atoms with E-state index in [-0.39, 0.29) is 6.04 Å². The maximum absolute atomic E-state index is 12.9. The van der Waals surface area contributed by atoms with Gasteiger partial charge >= 0.3 is 10.2 Å². The predicted octanol–water partition coefficient (Wildman–Crippen LogP) is 1.07. The van der Waals surface area contributed by atoms with Gasteiger partial charge in [0.25, 0.3) is 0 Å². The van der Waals surface area contributed by atoms with Crippen molar-refractivity contribution in [2.75, 3.05) is 30.5 Å². The standard InChI is InChI=1S/C15H18N4O3S/c20-23(21)18(8-9-19(23)14-4-6-16-11-14)13-3-1-2-12(10-13)15-5-7-17-22-15/h1-3,5,7,10,14,16H,4,6,8-9,11H2/t14-/m0/s1. The molecule has 4 rings (SSSR count). The predicted molar refractivity (Wildman–Crippen MR) is 86.2 cm³/mol. The van der Waals surface area contributed by atoms with E-state index >= 15 is 0 Å². The molecule has 2 aromatic rings. The van der Waals surface area contributed by atoms with Crippen molar-refractivity contribution < 1.29 is 12.9 Å². The molecule has 0 saturated carbocycles. The van der Waals surface area contributed by atoms with Crippen LogP contribution in [0.3, 0.4) is 0 Å². The summed E-state index contributed by atoms with van der Waals surface area (Å²) in [5.74, 6) is 0.625. The Labute approximate surface area is 135 Å². The number of hydrogen-bond acceptors (Lipinski definition) is 5. The molecular formula is C15H18N4O3S. The van der Waals surface area contributed by atoms with Crippen LogP contribution in [0.1, 0.15) is 6.42 Å². The van der Waals surface area contributed by atoms with Gasteiger partial charge in [-0.1, -0.05) is 17.3 Å². The van der Waals surface area contributed by atoms with Crippen molar-refractivity contribution in [1.82, 2.24) is 14.8 Å². The van der Waals surface area contributed by atoms with E-state index in [2.05, 4.69) is 10.5 Å². The highest BCUT2D eigenvalue weighted by atomic mass is 32.2. The van der Waals surface area contributed by atoms with Crippen molar-refractivity contribution in [3.05, 3.63) is 36.5 Å². The Balaban J connectivity index is 1.65. The molecule has 1 N–H and O–H groups in total. The minimum atomic E-state index is -3.47. The van der Waals surface area contributed by atoms with Crippen molar-refractivity contribution in [3.63, 3.8) is 0 Å². The molecule has 2 saturated heterocycles. The molecule has 0 amide bonds. The first-order valence-corrected chi connectivity index (χ1v) is 9.07. The van der Waals surface area contributed by atoms with Crippen molar-refractivity contribution in [1.29, 1.82) is 0 Å². The molecule has 1 atom stereocenters. The fourth-order valence-electron chi connectivity index (χ4n) is 3.24. The molecule has 8 heteroatoms. The van der Waals surface area contributed by atoms with Gasteiger partial charge in [0.2, 0.25) is 0 Å². The third-order valence-electron chi connectivity index (χ3n) is 4.40.